The normalized spacial score (nSPS) is 24.7. The van der Waals surface area contributed by atoms with Gasteiger partial charge >= 0.3 is 0 Å². The average Bonchev–Trinajstić information content (AvgIpc) is 3.62. The third-order valence-electron chi connectivity index (χ3n) is 9.14. The van der Waals surface area contributed by atoms with E-state index in [1.165, 1.54) is 0 Å². The smallest absolute Gasteiger partial charge is 0.275 e. The van der Waals surface area contributed by atoms with Crippen LogP contribution in [0.1, 0.15) is 80.2 Å². The Morgan fingerprint density at radius 2 is 2.02 bits per heavy atom. The Hall–Kier alpha value is -3.69. The maximum absolute atomic E-state index is 14.2. The van der Waals surface area contributed by atoms with Gasteiger partial charge in [0, 0.05) is 49.6 Å². The predicted molar refractivity (Wildman–Crippen MR) is 160 cm³/mol. The van der Waals surface area contributed by atoms with Gasteiger partial charge in [0.2, 0.25) is 0 Å². The number of carbonyl (C=O) groups is 1. The highest BCUT2D eigenvalue weighted by Crippen LogP contribution is 2.42. The van der Waals surface area contributed by atoms with Crippen molar-refractivity contribution in [3.8, 4) is 17.0 Å². The minimum absolute atomic E-state index is 0.0323. The fraction of sp³-hybridized carbons (Fsp3) is 0.485. The highest BCUT2D eigenvalue weighted by Gasteiger charge is 2.39. The molecule has 2 N–H and O–H groups in total. The van der Waals surface area contributed by atoms with Crippen LogP contribution in [0.2, 0.25) is 0 Å². The summed E-state index contributed by atoms with van der Waals surface area (Å²) >= 11 is 0. The Morgan fingerprint density at radius 3 is 2.83 bits per heavy atom. The number of imidazole rings is 1. The van der Waals surface area contributed by atoms with Gasteiger partial charge in [-0.2, -0.15) is 0 Å². The number of benzene rings is 2. The van der Waals surface area contributed by atoms with E-state index in [1.807, 2.05) is 60.4 Å². The summed E-state index contributed by atoms with van der Waals surface area (Å²) in [5.41, 5.74) is 2.92. The topological polar surface area (TPSA) is 106 Å². The molecule has 1 amide bonds. The van der Waals surface area contributed by atoms with Crippen LogP contribution in [-0.2, 0) is 0 Å². The van der Waals surface area contributed by atoms with E-state index in [0.717, 1.165) is 79.1 Å². The minimum Gasteiger partial charge on any atom is -0.493 e. The van der Waals surface area contributed by atoms with Crippen molar-refractivity contribution in [2.75, 3.05) is 26.2 Å². The van der Waals surface area contributed by atoms with Gasteiger partial charge in [-0.3, -0.25) is 4.79 Å². The SMILES string of the molecule is C[C@]1(O)CCCC[C@H]1n1cnc(C(=O)N2CCNC[C@H]2CCOc2ccc3oc(C4CC4)nc3c2)c1-c1ccccc1. The van der Waals surface area contributed by atoms with Crippen molar-refractivity contribution in [2.45, 2.75) is 75.5 Å². The number of carbonyl (C=O) groups excluding carboxylic acids is 1. The van der Waals surface area contributed by atoms with Gasteiger partial charge in [0.05, 0.1) is 30.3 Å². The summed E-state index contributed by atoms with van der Waals surface area (Å²) in [7, 11) is 0. The van der Waals surface area contributed by atoms with Crippen LogP contribution in [-0.4, -0.2) is 68.3 Å². The van der Waals surface area contributed by atoms with E-state index < -0.39 is 5.60 Å². The maximum atomic E-state index is 14.2. The molecule has 0 spiro atoms. The summed E-state index contributed by atoms with van der Waals surface area (Å²) in [6.07, 6.45) is 8.37. The molecule has 2 aromatic heterocycles. The Kier molecular flexibility index (Phi) is 7.23. The number of aliphatic hydroxyl groups is 1. The van der Waals surface area contributed by atoms with Crippen molar-refractivity contribution in [3.63, 3.8) is 0 Å². The number of nitrogens with zero attached hydrogens (tertiary/aromatic N) is 4. The average molecular weight is 570 g/mol. The number of ether oxygens (including phenoxy) is 1. The fourth-order valence-corrected chi connectivity index (χ4v) is 6.63. The molecule has 2 saturated carbocycles. The molecule has 1 aliphatic heterocycles. The number of hydrogen-bond donors (Lipinski definition) is 2. The molecular weight excluding hydrogens is 530 g/mol. The molecule has 7 rings (SSSR count). The van der Waals surface area contributed by atoms with E-state index in [4.69, 9.17) is 14.1 Å². The van der Waals surface area contributed by atoms with Crippen LogP contribution in [0.3, 0.4) is 0 Å². The molecule has 3 atom stereocenters. The lowest BCUT2D eigenvalue weighted by molar-refractivity contribution is -0.0243. The molecule has 9 nitrogen and oxygen atoms in total. The van der Waals surface area contributed by atoms with Gasteiger partial charge in [-0.15, -0.1) is 0 Å². The first-order valence-corrected chi connectivity index (χ1v) is 15.4. The molecule has 3 aliphatic rings. The second-order valence-corrected chi connectivity index (χ2v) is 12.3. The first-order chi connectivity index (χ1) is 20.5. The van der Waals surface area contributed by atoms with Crippen molar-refractivity contribution in [2.24, 2.45) is 0 Å². The standard InChI is InChI=1S/C33H39N5O4/c1-33(40)15-6-5-9-28(33)38-21-35-29(30(38)22-7-3-2-4-8-22)32(39)37-17-16-34-20-24(37)14-18-41-25-12-13-27-26(19-25)36-31(42-27)23-10-11-23/h2-4,7-8,12-13,19,21,23-24,28,34,40H,5-6,9-11,14-18,20H2,1H3/t24-,28-,33+/m1/s1. The molecule has 1 saturated heterocycles. The summed E-state index contributed by atoms with van der Waals surface area (Å²) in [5, 5.41) is 14.7. The molecule has 3 heterocycles. The van der Waals surface area contributed by atoms with Gasteiger partial charge in [0.1, 0.15) is 11.3 Å². The summed E-state index contributed by atoms with van der Waals surface area (Å²) < 4.78 is 14.1. The quantitative estimate of drug-likeness (QED) is 0.296. The summed E-state index contributed by atoms with van der Waals surface area (Å²) in [6.45, 7) is 4.40. The highest BCUT2D eigenvalue weighted by molar-refractivity contribution is 5.98. The summed E-state index contributed by atoms with van der Waals surface area (Å²) in [6, 6.07) is 15.6. The van der Waals surface area contributed by atoms with Gasteiger partial charge in [-0.1, -0.05) is 43.2 Å². The minimum atomic E-state index is -0.855. The Morgan fingerprint density at radius 1 is 1.17 bits per heavy atom. The number of aromatic nitrogens is 3. The number of fused-ring (bicyclic) bond motifs is 1. The second kappa shape index (κ2) is 11.2. The zero-order chi connectivity index (χ0) is 28.7. The van der Waals surface area contributed by atoms with Crippen LogP contribution >= 0.6 is 0 Å². The van der Waals surface area contributed by atoms with Crippen LogP contribution in [0.5, 0.6) is 5.75 Å². The summed E-state index contributed by atoms with van der Waals surface area (Å²) in [5.74, 6) is 1.97. The number of nitrogens with one attached hydrogen (secondary N) is 1. The molecule has 3 fully saturated rings. The maximum Gasteiger partial charge on any atom is 0.275 e. The van der Waals surface area contributed by atoms with E-state index in [2.05, 4.69) is 14.9 Å². The molecule has 0 unspecified atom stereocenters. The van der Waals surface area contributed by atoms with Crippen molar-refractivity contribution in [1.29, 1.82) is 0 Å². The number of oxazole rings is 1. The number of hydrogen-bond acceptors (Lipinski definition) is 7. The Balaban J connectivity index is 1.10. The van der Waals surface area contributed by atoms with Crippen LogP contribution in [0.15, 0.2) is 59.3 Å². The van der Waals surface area contributed by atoms with Crippen LogP contribution in [0.4, 0.5) is 0 Å². The molecule has 9 heteroatoms. The lowest BCUT2D eigenvalue weighted by atomic mass is 9.81. The van der Waals surface area contributed by atoms with E-state index in [-0.39, 0.29) is 18.0 Å². The highest BCUT2D eigenvalue weighted by atomic mass is 16.5. The number of rotatable bonds is 8. The second-order valence-electron chi connectivity index (χ2n) is 12.3. The number of piperazine rings is 1. The summed E-state index contributed by atoms with van der Waals surface area (Å²) in [4.78, 5) is 25.5. The Bertz CT molecular complexity index is 1560. The van der Waals surface area contributed by atoms with Crippen LogP contribution < -0.4 is 10.1 Å². The van der Waals surface area contributed by atoms with Crippen LogP contribution in [0, 0.1) is 0 Å². The molecule has 2 aromatic carbocycles. The van der Waals surface area contributed by atoms with Crippen molar-refractivity contribution >= 4 is 17.0 Å². The van der Waals surface area contributed by atoms with Crippen LogP contribution in [0.25, 0.3) is 22.4 Å². The molecule has 0 bridgehead atoms. The van der Waals surface area contributed by atoms with Crippen molar-refractivity contribution in [3.05, 3.63) is 66.4 Å². The zero-order valence-electron chi connectivity index (χ0n) is 24.2. The first kappa shape index (κ1) is 27.2. The molecule has 4 aromatic rings. The van der Waals surface area contributed by atoms with E-state index in [9.17, 15) is 9.90 Å². The largest absolute Gasteiger partial charge is 0.493 e. The van der Waals surface area contributed by atoms with Gasteiger partial charge in [0.25, 0.3) is 5.91 Å². The van der Waals surface area contributed by atoms with Crippen molar-refractivity contribution < 1.29 is 19.1 Å². The van der Waals surface area contributed by atoms with Gasteiger partial charge in [-0.25, -0.2) is 9.97 Å². The lowest BCUT2D eigenvalue weighted by Gasteiger charge is -2.39. The molecule has 220 valence electrons. The monoisotopic (exact) mass is 569 g/mol. The fourth-order valence-electron chi connectivity index (χ4n) is 6.63. The third kappa shape index (κ3) is 5.31. The number of amides is 1. The predicted octanol–water partition coefficient (Wildman–Crippen LogP) is 5.32. The van der Waals surface area contributed by atoms with Gasteiger partial charge in [-0.05, 0) is 44.7 Å². The third-order valence-corrected chi connectivity index (χ3v) is 9.14. The molecule has 2 aliphatic carbocycles. The first-order valence-electron chi connectivity index (χ1n) is 15.4. The van der Waals surface area contributed by atoms with E-state index in [0.29, 0.717) is 37.7 Å². The van der Waals surface area contributed by atoms with Gasteiger partial charge in [0.15, 0.2) is 17.2 Å². The zero-order valence-corrected chi connectivity index (χ0v) is 24.2. The van der Waals surface area contributed by atoms with E-state index >= 15 is 0 Å². The van der Waals surface area contributed by atoms with Crippen molar-refractivity contribution in [1.82, 2.24) is 24.8 Å². The lowest BCUT2D eigenvalue weighted by Crippen LogP contribution is -2.54. The molecule has 42 heavy (non-hydrogen) atoms. The Labute approximate surface area is 245 Å². The van der Waals surface area contributed by atoms with Gasteiger partial charge < -0.3 is 29.0 Å². The van der Waals surface area contributed by atoms with E-state index in [1.54, 1.807) is 6.33 Å². The molecular formula is C33H39N5O4. The molecule has 0 radical (unpaired) electrons.